The van der Waals surface area contributed by atoms with Crippen LogP contribution in [0.5, 0.6) is 0 Å². The lowest BCUT2D eigenvalue weighted by molar-refractivity contribution is -0.117. The number of nitrogens with zero attached hydrogens (tertiary/aromatic N) is 1. The minimum Gasteiger partial charge on any atom is -0.326 e. The van der Waals surface area contributed by atoms with Gasteiger partial charge in [0.15, 0.2) is 0 Å². The molecule has 2 N–H and O–H groups in total. The fraction of sp³-hybridized carbons (Fsp3) is 0.294. The normalized spacial score (nSPS) is 10.5. The number of aryl methyl sites for hydroxylation is 1. The van der Waals surface area contributed by atoms with E-state index in [1.54, 1.807) is 0 Å². The molecule has 0 atom stereocenters. The average Bonchev–Trinajstić information content (AvgIpc) is 2.48. The Kier molecular flexibility index (Phi) is 5.02. The Morgan fingerprint density at radius 1 is 1.10 bits per heavy atom. The van der Waals surface area contributed by atoms with Gasteiger partial charge < -0.3 is 5.73 Å². The van der Waals surface area contributed by atoms with Crippen molar-refractivity contribution in [1.82, 2.24) is 4.98 Å². The van der Waals surface area contributed by atoms with E-state index in [9.17, 15) is 4.79 Å². The van der Waals surface area contributed by atoms with Gasteiger partial charge in [-0.05, 0) is 29.2 Å². The number of Topliss-reactive ketones (excluding diaryl/α,β-unsaturated/α-hetero) is 1. The highest BCUT2D eigenvalue weighted by molar-refractivity contribution is 5.83. The number of hydrogen-bond donors (Lipinski definition) is 1. The fourth-order valence-corrected chi connectivity index (χ4v) is 2.17. The van der Waals surface area contributed by atoms with Gasteiger partial charge in [0.2, 0.25) is 0 Å². The summed E-state index contributed by atoms with van der Waals surface area (Å²) >= 11 is 0. The smallest absolute Gasteiger partial charge is 0.143 e. The lowest BCUT2D eigenvalue weighted by Crippen LogP contribution is -2.11. The van der Waals surface area contributed by atoms with Gasteiger partial charge in [-0.3, -0.25) is 9.78 Å². The first-order valence-corrected chi connectivity index (χ1v) is 6.95. The standard InChI is InChI=1S/C17H20N2O/c1-2-13-7-8-16(19-12-13)10-17(20)9-14-5-3-4-6-15(14)11-18/h3-8,12H,2,9-11,18H2,1H3. The molecule has 0 aliphatic rings. The predicted molar refractivity (Wildman–Crippen MR) is 80.4 cm³/mol. The van der Waals surface area contributed by atoms with Crippen molar-refractivity contribution in [2.75, 3.05) is 0 Å². The van der Waals surface area contributed by atoms with Gasteiger partial charge in [-0.1, -0.05) is 37.3 Å². The van der Waals surface area contributed by atoms with Crippen LogP contribution in [0.3, 0.4) is 0 Å². The highest BCUT2D eigenvalue weighted by Crippen LogP contribution is 2.11. The molecular formula is C17H20N2O. The Balaban J connectivity index is 2.01. The van der Waals surface area contributed by atoms with Crippen molar-refractivity contribution in [3.8, 4) is 0 Å². The number of ketones is 1. The topological polar surface area (TPSA) is 56.0 Å². The molecular weight excluding hydrogens is 248 g/mol. The van der Waals surface area contributed by atoms with E-state index < -0.39 is 0 Å². The Morgan fingerprint density at radius 3 is 2.45 bits per heavy atom. The third-order valence-electron chi connectivity index (χ3n) is 3.40. The molecule has 2 rings (SSSR count). The van der Waals surface area contributed by atoms with Crippen LogP contribution in [-0.4, -0.2) is 10.8 Å². The highest BCUT2D eigenvalue weighted by atomic mass is 16.1. The quantitative estimate of drug-likeness (QED) is 0.875. The molecule has 0 saturated heterocycles. The minimum atomic E-state index is 0.169. The van der Waals surface area contributed by atoms with Crippen LogP contribution in [-0.2, 0) is 30.6 Å². The monoisotopic (exact) mass is 268 g/mol. The summed E-state index contributed by atoms with van der Waals surface area (Å²) in [6.07, 6.45) is 3.61. The van der Waals surface area contributed by atoms with Crippen LogP contribution in [0.15, 0.2) is 42.6 Å². The van der Waals surface area contributed by atoms with Crippen LogP contribution in [0.25, 0.3) is 0 Å². The SMILES string of the molecule is CCc1ccc(CC(=O)Cc2ccccc2CN)nc1. The number of nitrogens with two attached hydrogens (primary N) is 1. The number of benzene rings is 1. The van der Waals surface area contributed by atoms with Crippen LogP contribution in [0, 0.1) is 0 Å². The maximum atomic E-state index is 12.1. The highest BCUT2D eigenvalue weighted by Gasteiger charge is 2.08. The summed E-state index contributed by atoms with van der Waals surface area (Å²) in [4.78, 5) is 16.5. The summed E-state index contributed by atoms with van der Waals surface area (Å²) in [6, 6.07) is 11.8. The second kappa shape index (κ2) is 6.96. The molecule has 0 unspecified atom stereocenters. The van der Waals surface area contributed by atoms with Gasteiger partial charge in [-0.15, -0.1) is 0 Å². The first-order valence-electron chi connectivity index (χ1n) is 6.95. The zero-order valence-corrected chi connectivity index (χ0v) is 11.8. The van der Waals surface area contributed by atoms with E-state index in [0.717, 1.165) is 23.2 Å². The predicted octanol–water partition coefficient (Wildman–Crippen LogP) is 2.46. The second-order valence-electron chi connectivity index (χ2n) is 4.88. The molecule has 2 aromatic rings. The molecule has 0 saturated carbocycles. The lowest BCUT2D eigenvalue weighted by Gasteiger charge is -2.07. The lowest BCUT2D eigenvalue weighted by atomic mass is 10.00. The van der Waals surface area contributed by atoms with Crippen LogP contribution in [0.2, 0.25) is 0 Å². The Labute approximate surface area is 119 Å². The van der Waals surface area contributed by atoms with Gasteiger partial charge in [0, 0.05) is 31.3 Å². The molecule has 0 fully saturated rings. The molecule has 0 aliphatic heterocycles. The number of hydrogen-bond acceptors (Lipinski definition) is 3. The van der Waals surface area contributed by atoms with E-state index in [0.29, 0.717) is 19.4 Å². The molecule has 0 aliphatic carbocycles. The third-order valence-corrected chi connectivity index (χ3v) is 3.40. The molecule has 0 radical (unpaired) electrons. The molecule has 0 bridgehead atoms. The second-order valence-corrected chi connectivity index (χ2v) is 4.88. The molecule has 1 heterocycles. The minimum absolute atomic E-state index is 0.169. The van der Waals surface area contributed by atoms with Gasteiger partial charge >= 0.3 is 0 Å². The maximum Gasteiger partial charge on any atom is 0.143 e. The molecule has 1 aromatic carbocycles. The Bertz CT molecular complexity index is 576. The zero-order chi connectivity index (χ0) is 14.4. The number of carbonyl (C=O) groups is 1. The zero-order valence-electron chi connectivity index (χ0n) is 11.8. The van der Waals surface area contributed by atoms with E-state index in [2.05, 4.69) is 11.9 Å². The maximum absolute atomic E-state index is 12.1. The summed E-state index contributed by atoms with van der Waals surface area (Å²) in [5.74, 6) is 0.169. The fourth-order valence-electron chi connectivity index (χ4n) is 2.17. The van der Waals surface area contributed by atoms with Crippen LogP contribution in [0.4, 0.5) is 0 Å². The number of rotatable bonds is 6. The van der Waals surface area contributed by atoms with E-state index in [-0.39, 0.29) is 5.78 Å². The summed E-state index contributed by atoms with van der Waals surface area (Å²) in [5.41, 5.74) is 9.76. The van der Waals surface area contributed by atoms with E-state index in [1.807, 2.05) is 42.6 Å². The molecule has 0 spiro atoms. The van der Waals surface area contributed by atoms with Crippen molar-refractivity contribution in [3.05, 3.63) is 65.0 Å². The van der Waals surface area contributed by atoms with Crippen molar-refractivity contribution in [2.24, 2.45) is 5.73 Å². The summed E-state index contributed by atoms with van der Waals surface area (Å²) in [5, 5.41) is 0. The van der Waals surface area contributed by atoms with E-state index in [4.69, 9.17) is 5.73 Å². The van der Waals surface area contributed by atoms with Crippen LogP contribution in [0.1, 0.15) is 29.3 Å². The summed E-state index contributed by atoms with van der Waals surface area (Å²) in [7, 11) is 0. The molecule has 1 aromatic heterocycles. The number of aromatic nitrogens is 1. The van der Waals surface area contributed by atoms with Crippen molar-refractivity contribution < 1.29 is 4.79 Å². The Morgan fingerprint density at radius 2 is 1.85 bits per heavy atom. The molecule has 20 heavy (non-hydrogen) atoms. The largest absolute Gasteiger partial charge is 0.326 e. The van der Waals surface area contributed by atoms with Crippen molar-refractivity contribution in [2.45, 2.75) is 32.7 Å². The van der Waals surface area contributed by atoms with Gasteiger partial charge in [0.25, 0.3) is 0 Å². The first-order chi connectivity index (χ1) is 9.72. The third kappa shape index (κ3) is 3.75. The first kappa shape index (κ1) is 14.4. The van der Waals surface area contributed by atoms with Gasteiger partial charge in [-0.25, -0.2) is 0 Å². The van der Waals surface area contributed by atoms with E-state index in [1.165, 1.54) is 5.56 Å². The summed E-state index contributed by atoms with van der Waals surface area (Å²) in [6.45, 7) is 2.55. The summed E-state index contributed by atoms with van der Waals surface area (Å²) < 4.78 is 0. The van der Waals surface area contributed by atoms with Gasteiger partial charge in [-0.2, -0.15) is 0 Å². The van der Waals surface area contributed by atoms with Crippen LogP contribution < -0.4 is 5.73 Å². The number of carbonyl (C=O) groups excluding carboxylic acids is 1. The van der Waals surface area contributed by atoms with Gasteiger partial charge in [0.1, 0.15) is 5.78 Å². The van der Waals surface area contributed by atoms with Crippen LogP contribution >= 0.6 is 0 Å². The van der Waals surface area contributed by atoms with E-state index >= 15 is 0 Å². The van der Waals surface area contributed by atoms with Crippen molar-refractivity contribution in [1.29, 1.82) is 0 Å². The Hall–Kier alpha value is -2.00. The molecule has 0 amide bonds. The molecule has 104 valence electrons. The average molecular weight is 268 g/mol. The number of pyridine rings is 1. The molecule has 3 nitrogen and oxygen atoms in total. The van der Waals surface area contributed by atoms with Crippen molar-refractivity contribution >= 4 is 5.78 Å². The van der Waals surface area contributed by atoms with Gasteiger partial charge in [0.05, 0.1) is 0 Å². The molecule has 3 heteroatoms. The van der Waals surface area contributed by atoms with Crippen molar-refractivity contribution in [3.63, 3.8) is 0 Å².